The maximum absolute atomic E-state index is 13.4. The molecule has 17 heteroatoms. The first-order valence-electron chi connectivity index (χ1n) is 21.2. The summed E-state index contributed by atoms with van der Waals surface area (Å²) in [5, 5.41) is 2.73. The number of anilines is 2. The molecular weight excluding hydrogens is 912 g/mol. The Bertz CT molecular complexity index is 2970. The topological polar surface area (TPSA) is 209 Å². The number of pyridine rings is 2. The average molecular weight is 968 g/mol. The first-order valence-corrected chi connectivity index (χ1v) is 24.5. The molecule has 67 heavy (non-hydrogen) atoms. The summed E-state index contributed by atoms with van der Waals surface area (Å²) < 4.78 is 61.9. The molecule has 5 N–H and O–H groups in total. The predicted molar refractivity (Wildman–Crippen MR) is 262 cm³/mol. The number of rotatable bonds is 13. The number of carbonyl (C=O) groups excluding carboxylic acids is 2. The fourth-order valence-electron chi connectivity index (χ4n) is 8.29. The van der Waals surface area contributed by atoms with Gasteiger partial charge >= 0.3 is 0 Å². The minimum absolute atomic E-state index is 0.0412. The van der Waals surface area contributed by atoms with Gasteiger partial charge in [0.15, 0.2) is 0 Å². The van der Waals surface area contributed by atoms with Gasteiger partial charge in [-0.15, -0.1) is 0 Å². The number of amides is 1. The van der Waals surface area contributed by atoms with Crippen molar-refractivity contribution in [3.8, 4) is 34.0 Å². The van der Waals surface area contributed by atoms with Crippen molar-refractivity contribution in [2.24, 2.45) is 10.8 Å². The van der Waals surface area contributed by atoms with E-state index in [2.05, 4.69) is 52.4 Å². The van der Waals surface area contributed by atoms with Gasteiger partial charge in [-0.25, -0.2) is 36.2 Å². The first-order chi connectivity index (χ1) is 31.6. The van der Waals surface area contributed by atoms with E-state index >= 15 is 0 Å². The van der Waals surface area contributed by atoms with Crippen LogP contribution in [0.25, 0.3) is 22.5 Å². The lowest BCUT2D eigenvalue weighted by atomic mass is 9.87. The molecule has 2 aromatic heterocycles. The van der Waals surface area contributed by atoms with Crippen LogP contribution in [-0.2, 0) is 40.5 Å². The highest BCUT2D eigenvalue weighted by atomic mass is 35.5. The molecule has 8 rings (SSSR count). The molecule has 0 saturated heterocycles. The second kappa shape index (κ2) is 19.6. The number of halogens is 1. The van der Waals surface area contributed by atoms with Gasteiger partial charge in [0, 0.05) is 11.1 Å². The van der Waals surface area contributed by atoms with Crippen molar-refractivity contribution in [2.45, 2.75) is 61.2 Å². The number of aromatic nitrogens is 2. The molecule has 1 amide bonds. The summed E-state index contributed by atoms with van der Waals surface area (Å²) in [4.78, 5) is 34.2. The monoisotopic (exact) mass is 966 g/mol. The SMILES string of the molecule is CNS(=O)(=O)c1ccc(-c2cccc(N)n2)cc1.CNS(=O)(=O)c1ccc(-c2cccc(NC(=O)C3(c4ccc(OC)cc4)CC3(C)C)n2)cc1.COc1ccc(C2(C(=O)Cl)CC2(C)C)cc1. The van der Waals surface area contributed by atoms with Gasteiger partial charge in [-0.05, 0) is 133 Å². The summed E-state index contributed by atoms with van der Waals surface area (Å²) in [6, 6.07) is 38.8. The van der Waals surface area contributed by atoms with Gasteiger partial charge in [0.1, 0.15) is 23.1 Å². The van der Waals surface area contributed by atoms with Crippen LogP contribution in [0.15, 0.2) is 143 Å². The van der Waals surface area contributed by atoms with Crippen molar-refractivity contribution in [3.63, 3.8) is 0 Å². The van der Waals surface area contributed by atoms with Crippen molar-refractivity contribution in [1.29, 1.82) is 0 Å². The molecular formula is C50H55ClN6O8S2. The third-order valence-electron chi connectivity index (χ3n) is 12.6. The molecule has 4 aromatic carbocycles. The number of hydrogen-bond donors (Lipinski definition) is 4. The molecule has 2 aliphatic rings. The normalized spacial score (nSPS) is 18.7. The summed E-state index contributed by atoms with van der Waals surface area (Å²) in [6.07, 6.45) is 1.55. The van der Waals surface area contributed by atoms with E-state index in [1.54, 1.807) is 56.7 Å². The van der Waals surface area contributed by atoms with Gasteiger partial charge in [-0.3, -0.25) is 9.59 Å². The van der Waals surface area contributed by atoms with E-state index in [4.69, 9.17) is 26.8 Å². The lowest BCUT2D eigenvalue weighted by Crippen LogP contribution is -2.32. The van der Waals surface area contributed by atoms with Crippen LogP contribution in [0.3, 0.4) is 0 Å². The van der Waals surface area contributed by atoms with Crippen LogP contribution in [-0.4, -0.2) is 66.3 Å². The van der Waals surface area contributed by atoms with Crippen molar-refractivity contribution in [1.82, 2.24) is 19.4 Å². The Labute approximate surface area is 397 Å². The van der Waals surface area contributed by atoms with Crippen molar-refractivity contribution >= 4 is 54.4 Å². The number of nitrogen functional groups attached to an aromatic ring is 1. The Hall–Kier alpha value is -6.17. The van der Waals surface area contributed by atoms with Crippen molar-refractivity contribution in [3.05, 3.63) is 145 Å². The number of ether oxygens (including phenoxy) is 2. The van der Waals surface area contributed by atoms with Gasteiger partial charge < -0.3 is 20.5 Å². The van der Waals surface area contributed by atoms with Crippen LogP contribution < -0.4 is 30.0 Å². The van der Waals surface area contributed by atoms with E-state index < -0.39 is 30.9 Å². The fourth-order valence-corrected chi connectivity index (χ4v) is 10.2. The second-order valence-electron chi connectivity index (χ2n) is 17.4. The molecule has 2 heterocycles. The van der Waals surface area contributed by atoms with Crippen LogP contribution in [0.5, 0.6) is 11.5 Å². The number of nitrogens with two attached hydrogens (primary N) is 1. The number of methoxy groups -OCH3 is 2. The Morgan fingerprint density at radius 2 is 0.970 bits per heavy atom. The van der Waals surface area contributed by atoms with Gasteiger partial charge in [-0.2, -0.15) is 0 Å². The van der Waals surface area contributed by atoms with Crippen molar-refractivity contribution in [2.75, 3.05) is 39.4 Å². The van der Waals surface area contributed by atoms with E-state index in [0.29, 0.717) is 23.0 Å². The van der Waals surface area contributed by atoms with E-state index in [-0.39, 0.29) is 31.8 Å². The average Bonchev–Trinajstić information content (AvgIpc) is 4.16. The number of carbonyl (C=O) groups is 2. The van der Waals surface area contributed by atoms with Crippen molar-refractivity contribution < 1.29 is 35.9 Å². The van der Waals surface area contributed by atoms with Gasteiger partial charge in [-0.1, -0.05) is 88.4 Å². The van der Waals surface area contributed by atoms with Crippen LogP contribution >= 0.6 is 11.6 Å². The smallest absolute Gasteiger partial charge is 0.240 e. The minimum Gasteiger partial charge on any atom is -0.497 e. The molecule has 6 aromatic rings. The molecule has 2 unspecified atom stereocenters. The highest BCUT2D eigenvalue weighted by Crippen LogP contribution is 2.66. The second-order valence-corrected chi connectivity index (χ2v) is 21.6. The number of sulfonamides is 2. The minimum atomic E-state index is -3.51. The quantitative estimate of drug-likeness (QED) is 0.0809. The molecule has 2 atom stereocenters. The van der Waals surface area contributed by atoms with Crippen LogP contribution in [0.1, 0.15) is 51.7 Å². The largest absolute Gasteiger partial charge is 0.497 e. The molecule has 0 radical (unpaired) electrons. The lowest BCUT2D eigenvalue weighted by molar-refractivity contribution is -0.119. The lowest BCUT2D eigenvalue weighted by Gasteiger charge is -2.21. The third kappa shape index (κ3) is 10.5. The zero-order valence-corrected chi connectivity index (χ0v) is 40.9. The summed E-state index contributed by atoms with van der Waals surface area (Å²) >= 11 is 5.75. The highest BCUT2D eigenvalue weighted by molar-refractivity contribution is 7.89. The molecule has 2 saturated carbocycles. The molecule has 0 spiro atoms. The maximum Gasteiger partial charge on any atom is 0.240 e. The zero-order valence-electron chi connectivity index (χ0n) is 38.5. The number of benzene rings is 4. The molecule has 14 nitrogen and oxygen atoms in total. The number of nitrogens with one attached hydrogen (secondary N) is 3. The first kappa shape index (κ1) is 50.2. The number of nitrogens with zero attached hydrogens (tertiary/aromatic N) is 2. The number of hydrogen-bond acceptors (Lipinski definition) is 11. The van der Waals surface area contributed by atoms with Gasteiger partial charge in [0.2, 0.25) is 31.2 Å². The summed E-state index contributed by atoms with van der Waals surface area (Å²) in [7, 11) is -0.920. The zero-order chi connectivity index (χ0) is 49.0. The highest BCUT2D eigenvalue weighted by Gasteiger charge is 2.67. The van der Waals surface area contributed by atoms with E-state index in [1.807, 2.05) is 66.7 Å². The predicted octanol–water partition coefficient (Wildman–Crippen LogP) is 8.34. The molecule has 352 valence electrons. The van der Waals surface area contributed by atoms with E-state index in [1.165, 1.54) is 38.4 Å². The van der Waals surface area contributed by atoms with Crippen LogP contribution in [0.2, 0.25) is 0 Å². The molecule has 2 fully saturated rings. The Morgan fingerprint density at radius 3 is 1.33 bits per heavy atom. The molecule has 0 bridgehead atoms. The molecule has 2 aliphatic carbocycles. The third-order valence-corrected chi connectivity index (χ3v) is 15.8. The van der Waals surface area contributed by atoms with E-state index in [0.717, 1.165) is 46.6 Å². The maximum atomic E-state index is 13.4. The Kier molecular flexibility index (Phi) is 14.7. The van der Waals surface area contributed by atoms with Gasteiger partial charge in [0.05, 0.1) is 46.2 Å². The van der Waals surface area contributed by atoms with E-state index in [9.17, 15) is 26.4 Å². The fraction of sp³-hybridized carbons (Fsp3) is 0.280. The van der Waals surface area contributed by atoms with Crippen LogP contribution in [0.4, 0.5) is 11.6 Å². The van der Waals surface area contributed by atoms with Gasteiger partial charge in [0.25, 0.3) is 0 Å². The Balaban J connectivity index is 0.000000183. The van der Waals surface area contributed by atoms with Crippen LogP contribution in [0, 0.1) is 10.8 Å². The Morgan fingerprint density at radius 1 is 0.582 bits per heavy atom. The summed E-state index contributed by atoms with van der Waals surface area (Å²) in [6.45, 7) is 8.30. The summed E-state index contributed by atoms with van der Waals surface area (Å²) in [5.41, 5.74) is 9.08. The summed E-state index contributed by atoms with van der Waals surface area (Å²) in [5.74, 6) is 2.31. The molecule has 0 aliphatic heterocycles. The standard InChI is InChI=1S/C25H27N3O4S.C13H15ClO2.C12H13N3O2S/c1-24(2)16-25(24,18-10-12-19(32-4)13-11-18)23(29)28-22-7-5-6-21(27-22)17-8-14-20(15-9-17)33(30,31)26-3;1-12(2)8-13(12,11(14)15)9-4-6-10(16-3)7-5-9;1-14-18(16,17)10-7-5-9(6-8-10)11-3-2-4-12(13)15-11/h5-15,26H,16H2,1-4H3,(H,27,28,29);4-7H,8H2,1-3H3;2-8,14H,1H3,(H2,13,15).